The van der Waals surface area contributed by atoms with Crippen LogP contribution < -0.4 is 10.0 Å². The third-order valence-corrected chi connectivity index (χ3v) is 5.90. The number of rotatable bonds is 7. The van der Waals surface area contributed by atoms with Gasteiger partial charge in [-0.2, -0.15) is 5.10 Å². The Hall–Kier alpha value is -3.66. The Balaban J connectivity index is 1.66. The van der Waals surface area contributed by atoms with Gasteiger partial charge in [-0.05, 0) is 68.8 Å². The SMILES string of the molecule is CCOC(=O)NCc1ccc(S(=O)(=O)NC(=O)c2ccc(-n3nc(C)cc3C)cc2)cc1. The Labute approximate surface area is 186 Å². The fourth-order valence-corrected chi connectivity index (χ4v) is 4.00. The molecule has 168 valence electrons. The average molecular weight is 457 g/mol. The number of alkyl carbamates (subject to hydrolysis) is 1. The molecule has 0 aliphatic heterocycles. The van der Waals surface area contributed by atoms with Crippen molar-refractivity contribution in [3.8, 4) is 5.69 Å². The van der Waals surface area contributed by atoms with E-state index in [4.69, 9.17) is 4.74 Å². The first kappa shape index (κ1) is 23.0. The molecule has 9 nitrogen and oxygen atoms in total. The van der Waals surface area contributed by atoms with E-state index in [0.717, 1.165) is 17.1 Å². The van der Waals surface area contributed by atoms with Gasteiger partial charge in [0.25, 0.3) is 15.9 Å². The minimum atomic E-state index is -4.06. The highest BCUT2D eigenvalue weighted by molar-refractivity contribution is 7.90. The first-order chi connectivity index (χ1) is 15.2. The Morgan fingerprint density at radius 3 is 2.25 bits per heavy atom. The van der Waals surface area contributed by atoms with Gasteiger partial charge >= 0.3 is 6.09 Å². The van der Waals surface area contributed by atoms with E-state index >= 15 is 0 Å². The van der Waals surface area contributed by atoms with Gasteiger partial charge in [0.15, 0.2) is 0 Å². The first-order valence-electron chi connectivity index (χ1n) is 9.90. The van der Waals surface area contributed by atoms with Crippen LogP contribution in [0.3, 0.4) is 0 Å². The molecule has 3 rings (SSSR count). The zero-order valence-electron chi connectivity index (χ0n) is 18.0. The van der Waals surface area contributed by atoms with E-state index in [2.05, 4.69) is 15.1 Å². The highest BCUT2D eigenvalue weighted by Gasteiger charge is 2.19. The third-order valence-electron chi connectivity index (χ3n) is 4.56. The molecule has 0 fully saturated rings. The van der Waals surface area contributed by atoms with Crippen LogP contribution in [-0.2, 0) is 21.3 Å². The molecule has 0 aliphatic rings. The van der Waals surface area contributed by atoms with Gasteiger partial charge in [0.2, 0.25) is 0 Å². The lowest BCUT2D eigenvalue weighted by Gasteiger charge is -2.09. The highest BCUT2D eigenvalue weighted by atomic mass is 32.2. The number of aryl methyl sites for hydroxylation is 2. The van der Waals surface area contributed by atoms with Crippen molar-refractivity contribution in [1.82, 2.24) is 19.8 Å². The lowest BCUT2D eigenvalue weighted by Crippen LogP contribution is -2.30. The quantitative estimate of drug-likeness (QED) is 0.564. The van der Waals surface area contributed by atoms with Crippen molar-refractivity contribution in [3.63, 3.8) is 0 Å². The predicted octanol–water partition coefficient (Wildman–Crippen LogP) is 2.85. The molecule has 2 aromatic carbocycles. The molecule has 0 radical (unpaired) electrons. The molecule has 2 N–H and O–H groups in total. The number of nitrogens with one attached hydrogen (secondary N) is 2. The first-order valence-corrected chi connectivity index (χ1v) is 11.4. The summed E-state index contributed by atoms with van der Waals surface area (Å²) in [5.41, 5.74) is 3.47. The fourth-order valence-electron chi connectivity index (χ4n) is 3.03. The van der Waals surface area contributed by atoms with Gasteiger partial charge in [-0.25, -0.2) is 22.6 Å². The molecule has 3 aromatic rings. The number of amides is 2. The van der Waals surface area contributed by atoms with Crippen LogP contribution in [0.2, 0.25) is 0 Å². The third kappa shape index (κ3) is 5.52. The topological polar surface area (TPSA) is 119 Å². The largest absolute Gasteiger partial charge is 0.450 e. The van der Waals surface area contributed by atoms with Crippen molar-refractivity contribution >= 4 is 22.0 Å². The molecule has 0 aliphatic carbocycles. The molecule has 0 spiro atoms. The van der Waals surface area contributed by atoms with Crippen molar-refractivity contribution in [2.45, 2.75) is 32.2 Å². The standard InChI is InChI=1S/C22H24N4O5S/c1-4-31-22(28)23-14-17-5-11-20(12-6-17)32(29,30)25-21(27)18-7-9-19(10-8-18)26-16(3)13-15(2)24-26/h5-13H,4,14H2,1-3H3,(H,23,28)(H,25,27). The minimum absolute atomic E-state index is 0.0648. The lowest BCUT2D eigenvalue weighted by atomic mass is 10.2. The molecular formula is C22H24N4O5S. The van der Waals surface area contributed by atoms with Crippen LogP contribution in [-0.4, -0.2) is 36.8 Å². The van der Waals surface area contributed by atoms with Crippen LogP contribution in [0, 0.1) is 13.8 Å². The Morgan fingerprint density at radius 2 is 1.69 bits per heavy atom. The molecular weight excluding hydrogens is 432 g/mol. The van der Waals surface area contributed by atoms with Crippen molar-refractivity contribution in [2.75, 3.05) is 6.61 Å². The second-order valence-electron chi connectivity index (χ2n) is 7.04. The number of aromatic nitrogens is 2. The van der Waals surface area contributed by atoms with Crippen LogP contribution >= 0.6 is 0 Å². The summed E-state index contributed by atoms with van der Waals surface area (Å²) in [6.07, 6.45) is -0.555. The predicted molar refractivity (Wildman–Crippen MR) is 118 cm³/mol. The second kappa shape index (κ2) is 9.65. The Bertz CT molecular complexity index is 1220. The molecule has 0 saturated carbocycles. The van der Waals surface area contributed by atoms with Crippen LogP contribution in [0.4, 0.5) is 4.79 Å². The number of carbonyl (C=O) groups is 2. The summed E-state index contributed by atoms with van der Waals surface area (Å²) in [4.78, 5) is 23.8. The molecule has 1 aromatic heterocycles. The number of ether oxygens (including phenoxy) is 1. The molecule has 0 saturated heterocycles. The number of nitrogens with zero attached hydrogens (tertiary/aromatic N) is 2. The maximum atomic E-state index is 12.6. The van der Waals surface area contributed by atoms with Gasteiger partial charge in [-0.3, -0.25) is 4.79 Å². The number of sulfonamides is 1. The summed E-state index contributed by atoms with van der Waals surface area (Å²) >= 11 is 0. The zero-order chi connectivity index (χ0) is 23.3. The summed E-state index contributed by atoms with van der Waals surface area (Å²) in [5.74, 6) is -0.738. The summed E-state index contributed by atoms with van der Waals surface area (Å²) < 4.78 is 33.7. The summed E-state index contributed by atoms with van der Waals surface area (Å²) in [6, 6.07) is 14.3. The maximum Gasteiger partial charge on any atom is 0.407 e. The van der Waals surface area contributed by atoms with Crippen molar-refractivity contribution in [1.29, 1.82) is 0 Å². The van der Waals surface area contributed by atoms with E-state index in [1.54, 1.807) is 48.0 Å². The van der Waals surface area contributed by atoms with E-state index in [1.807, 2.05) is 19.9 Å². The number of hydrogen-bond acceptors (Lipinski definition) is 6. The smallest absolute Gasteiger partial charge is 0.407 e. The summed E-state index contributed by atoms with van der Waals surface area (Å²) in [6.45, 7) is 5.95. The van der Waals surface area contributed by atoms with Gasteiger partial charge in [-0.1, -0.05) is 12.1 Å². The van der Waals surface area contributed by atoms with Gasteiger partial charge in [0.05, 0.1) is 22.9 Å². The second-order valence-corrected chi connectivity index (χ2v) is 8.72. The monoisotopic (exact) mass is 456 g/mol. The number of hydrogen-bond donors (Lipinski definition) is 2. The number of carbonyl (C=O) groups excluding carboxylic acids is 2. The minimum Gasteiger partial charge on any atom is -0.450 e. The maximum absolute atomic E-state index is 12.6. The van der Waals surface area contributed by atoms with E-state index in [-0.39, 0.29) is 23.6 Å². The van der Waals surface area contributed by atoms with Crippen molar-refractivity contribution in [3.05, 3.63) is 77.1 Å². The lowest BCUT2D eigenvalue weighted by molar-refractivity contribution is 0.0981. The molecule has 32 heavy (non-hydrogen) atoms. The Morgan fingerprint density at radius 1 is 1.03 bits per heavy atom. The van der Waals surface area contributed by atoms with E-state index in [0.29, 0.717) is 5.56 Å². The average Bonchev–Trinajstić information content (AvgIpc) is 3.10. The van der Waals surface area contributed by atoms with Crippen molar-refractivity contribution < 1.29 is 22.7 Å². The number of benzene rings is 2. The van der Waals surface area contributed by atoms with Gasteiger partial charge in [-0.15, -0.1) is 0 Å². The van der Waals surface area contributed by atoms with Gasteiger partial charge < -0.3 is 10.1 Å². The van der Waals surface area contributed by atoms with Crippen LogP contribution in [0.25, 0.3) is 5.69 Å². The molecule has 2 amide bonds. The molecule has 0 unspecified atom stereocenters. The van der Waals surface area contributed by atoms with Crippen molar-refractivity contribution in [2.24, 2.45) is 0 Å². The van der Waals surface area contributed by atoms with E-state index in [1.165, 1.54) is 12.1 Å². The molecule has 0 atom stereocenters. The van der Waals surface area contributed by atoms with Crippen LogP contribution in [0.1, 0.15) is 34.2 Å². The van der Waals surface area contributed by atoms with Gasteiger partial charge in [0.1, 0.15) is 0 Å². The summed E-state index contributed by atoms with van der Waals surface area (Å²) in [7, 11) is -4.06. The normalized spacial score (nSPS) is 11.1. The zero-order valence-corrected chi connectivity index (χ0v) is 18.8. The summed E-state index contributed by atoms with van der Waals surface area (Å²) in [5, 5.41) is 6.93. The molecule has 1 heterocycles. The van der Waals surface area contributed by atoms with E-state index < -0.39 is 22.0 Å². The van der Waals surface area contributed by atoms with Crippen LogP contribution in [0.15, 0.2) is 59.5 Å². The Kier molecular flexibility index (Phi) is 6.94. The highest BCUT2D eigenvalue weighted by Crippen LogP contribution is 2.15. The van der Waals surface area contributed by atoms with Gasteiger partial charge in [0, 0.05) is 17.8 Å². The van der Waals surface area contributed by atoms with Crippen LogP contribution in [0.5, 0.6) is 0 Å². The fraction of sp³-hybridized carbons (Fsp3) is 0.227. The molecule has 10 heteroatoms. The van der Waals surface area contributed by atoms with E-state index in [9.17, 15) is 18.0 Å². The molecule has 0 bridgehead atoms.